The number of fused-ring (bicyclic) bond motifs is 1. The van der Waals surface area contributed by atoms with Crippen LogP contribution < -0.4 is 11.3 Å². The van der Waals surface area contributed by atoms with E-state index >= 15 is 0 Å². The fraction of sp³-hybridized carbons (Fsp3) is 0.143. The number of halogens is 1. The van der Waals surface area contributed by atoms with Crippen molar-refractivity contribution in [2.24, 2.45) is 0 Å². The van der Waals surface area contributed by atoms with Crippen LogP contribution in [0.3, 0.4) is 0 Å². The lowest BCUT2D eigenvalue weighted by Gasteiger charge is -2.10. The van der Waals surface area contributed by atoms with Gasteiger partial charge >= 0.3 is 5.76 Å². The molecule has 3 aromatic rings. The molecule has 0 aliphatic rings. The second kappa shape index (κ2) is 4.68. The van der Waals surface area contributed by atoms with Gasteiger partial charge in [0.2, 0.25) is 0 Å². The number of pyridine rings is 1. The summed E-state index contributed by atoms with van der Waals surface area (Å²) < 4.78 is 6.46. The summed E-state index contributed by atoms with van der Waals surface area (Å²) in [5.41, 5.74) is 1.68. The van der Waals surface area contributed by atoms with E-state index in [9.17, 15) is 9.59 Å². The molecule has 0 saturated heterocycles. The van der Waals surface area contributed by atoms with Gasteiger partial charge in [-0.2, -0.15) is 0 Å². The number of aromatic amines is 1. The summed E-state index contributed by atoms with van der Waals surface area (Å²) in [7, 11) is 0. The van der Waals surface area contributed by atoms with Crippen molar-refractivity contribution in [1.29, 1.82) is 0 Å². The third-order valence-electron chi connectivity index (χ3n) is 3.19. The Labute approximate surface area is 118 Å². The van der Waals surface area contributed by atoms with Crippen LogP contribution in [-0.4, -0.2) is 9.55 Å². The van der Waals surface area contributed by atoms with Gasteiger partial charge in [-0.3, -0.25) is 9.78 Å². The summed E-state index contributed by atoms with van der Waals surface area (Å²) in [6.45, 7) is 2.12. The number of nitrogens with one attached hydrogen (secondary N) is 1. The van der Waals surface area contributed by atoms with Crippen LogP contribution in [0.4, 0.5) is 0 Å². The summed E-state index contributed by atoms with van der Waals surface area (Å²) in [4.78, 5) is 26.0. The van der Waals surface area contributed by atoms with Gasteiger partial charge in [0.25, 0.3) is 5.56 Å². The molecule has 0 unspecified atom stereocenters. The zero-order valence-electron chi connectivity index (χ0n) is 10.6. The standard InChI is InChI=1S/C14H11ClN2O3/c1-8-6-11-12(16-14(19)20-11)13(18)17(8)7-9-4-2-3-5-10(9)15/h2-6H,7H2,1H3,(H,16,19). The molecule has 0 saturated carbocycles. The molecule has 6 heteroatoms. The second-order valence-electron chi connectivity index (χ2n) is 4.52. The lowest BCUT2D eigenvalue weighted by molar-refractivity contribution is 0.554. The highest BCUT2D eigenvalue weighted by atomic mass is 35.5. The Bertz CT molecular complexity index is 905. The first kappa shape index (κ1) is 12.7. The predicted molar refractivity (Wildman–Crippen MR) is 76.4 cm³/mol. The molecule has 0 spiro atoms. The average Bonchev–Trinajstić information content (AvgIpc) is 2.77. The van der Waals surface area contributed by atoms with E-state index in [2.05, 4.69) is 4.98 Å². The number of hydrogen-bond donors (Lipinski definition) is 1. The van der Waals surface area contributed by atoms with Gasteiger partial charge < -0.3 is 8.98 Å². The van der Waals surface area contributed by atoms with E-state index < -0.39 is 5.76 Å². The summed E-state index contributed by atoms with van der Waals surface area (Å²) in [6.07, 6.45) is 0. The molecule has 2 heterocycles. The Morgan fingerprint density at radius 1 is 1.30 bits per heavy atom. The lowest BCUT2D eigenvalue weighted by atomic mass is 10.2. The number of H-pyrrole nitrogens is 1. The fourth-order valence-corrected chi connectivity index (χ4v) is 2.35. The van der Waals surface area contributed by atoms with Crippen molar-refractivity contribution >= 4 is 22.7 Å². The van der Waals surface area contributed by atoms with Crippen LogP contribution in [0, 0.1) is 6.92 Å². The lowest BCUT2D eigenvalue weighted by Crippen LogP contribution is -2.23. The minimum atomic E-state index is -0.632. The largest absolute Gasteiger partial charge is 0.417 e. The summed E-state index contributed by atoms with van der Waals surface area (Å²) in [5, 5.41) is 0.597. The number of hydrogen-bond acceptors (Lipinski definition) is 3. The predicted octanol–water partition coefficient (Wildman–Crippen LogP) is 2.29. The highest BCUT2D eigenvalue weighted by molar-refractivity contribution is 6.31. The van der Waals surface area contributed by atoms with Gasteiger partial charge in [-0.15, -0.1) is 0 Å². The quantitative estimate of drug-likeness (QED) is 0.787. The van der Waals surface area contributed by atoms with E-state index in [0.717, 1.165) is 5.56 Å². The molecule has 2 aromatic heterocycles. The first-order chi connectivity index (χ1) is 9.56. The van der Waals surface area contributed by atoms with E-state index in [1.54, 1.807) is 23.6 Å². The first-order valence-corrected chi connectivity index (χ1v) is 6.41. The number of oxazole rings is 1. The molecule has 0 amide bonds. The van der Waals surface area contributed by atoms with Crippen molar-refractivity contribution in [2.45, 2.75) is 13.5 Å². The Morgan fingerprint density at radius 2 is 2.05 bits per heavy atom. The maximum absolute atomic E-state index is 12.4. The molecule has 0 aliphatic heterocycles. The van der Waals surface area contributed by atoms with Gasteiger partial charge in [-0.1, -0.05) is 29.8 Å². The third kappa shape index (κ3) is 2.06. The number of benzene rings is 1. The van der Waals surface area contributed by atoms with E-state index in [0.29, 0.717) is 17.3 Å². The topological polar surface area (TPSA) is 68.0 Å². The summed E-state index contributed by atoms with van der Waals surface area (Å²) in [6, 6.07) is 8.98. The molecular weight excluding hydrogens is 280 g/mol. The van der Waals surface area contributed by atoms with Gasteiger partial charge in [0.1, 0.15) is 0 Å². The van der Waals surface area contributed by atoms with Gasteiger partial charge in [0.15, 0.2) is 11.1 Å². The van der Waals surface area contributed by atoms with E-state index in [1.807, 2.05) is 18.2 Å². The Morgan fingerprint density at radius 3 is 2.80 bits per heavy atom. The zero-order chi connectivity index (χ0) is 14.3. The molecule has 0 fully saturated rings. The molecule has 0 radical (unpaired) electrons. The van der Waals surface area contributed by atoms with Crippen molar-refractivity contribution in [1.82, 2.24) is 9.55 Å². The molecule has 1 aromatic carbocycles. The van der Waals surface area contributed by atoms with E-state index in [1.165, 1.54) is 0 Å². The van der Waals surface area contributed by atoms with Gasteiger partial charge in [0, 0.05) is 16.8 Å². The van der Waals surface area contributed by atoms with Gasteiger partial charge in [0.05, 0.1) is 6.54 Å². The highest BCUT2D eigenvalue weighted by Gasteiger charge is 2.12. The molecule has 3 rings (SSSR count). The number of aromatic nitrogens is 2. The Hall–Kier alpha value is -2.27. The summed E-state index contributed by atoms with van der Waals surface area (Å²) in [5.74, 6) is -0.632. The van der Waals surface area contributed by atoms with Gasteiger partial charge in [-0.25, -0.2) is 4.79 Å². The van der Waals surface area contributed by atoms with Crippen LogP contribution in [0.5, 0.6) is 0 Å². The van der Waals surface area contributed by atoms with Crippen LogP contribution in [0.25, 0.3) is 11.1 Å². The van der Waals surface area contributed by atoms with Crippen LogP contribution in [-0.2, 0) is 6.54 Å². The second-order valence-corrected chi connectivity index (χ2v) is 4.93. The average molecular weight is 291 g/mol. The Balaban J connectivity index is 2.19. The molecule has 20 heavy (non-hydrogen) atoms. The van der Waals surface area contributed by atoms with Crippen molar-refractivity contribution in [3.8, 4) is 0 Å². The van der Waals surface area contributed by atoms with Crippen LogP contribution in [0.15, 0.2) is 44.3 Å². The minimum Gasteiger partial charge on any atom is -0.408 e. The Kier molecular flexibility index (Phi) is 2.99. The van der Waals surface area contributed by atoms with Gasteiger partial charge in [-0.05, 0) is 18.6 Å². The number of nitrogens with zero attached hydrogens (tertiary/aromatic N) is 1. The maximum atomic E-state index is 12.4. The summed E-state index contributed by atoms with van der Waals surface area (Å²) >= 11 is 6.11. The van der Waals surface area contributed by atoms with Crippen molar-refractivity contribution in [3.63, 3.8) is 0 Å². The molecule has 0 aliphatic carbocycles. The van der Waals surface area contributed by atoms with E-state index in [-0.39, 0.29) is 16.7 Å². The van der Waals surface area contributed by atoms with Crippen LogP contribution >= 0.6 is 11.6 Å². The monoisotopic (exact) mass is 290 g/mol. The maximum Gasteiger partial charge on any atom is 0.417 e. The molecule has 5 nitrogen and oxygen atoms in total. The molecule has 1 N–H and O–H groups in total. The number of rotatable bonds is 2. The minimum absolute atomic E-state index is 0.174. The van der Waals surface area contributed by atoms with Crippen LogP contribution in [0.1, 0.15) is 11.3 Å². The first-order valence-electron chi connectivity index (χ1n) is 6.03. The fourth-order valence-electron chi connectivity index (χ4n) is 2.16. The molecule has 0 bridgehead atoms. The smallest absolute Gasteiger partial charge is 0.408 e. The highest BCUT2D eigenvalue weighted by Crippen LogP contribution is 2.17. The zero-order valence-corrected chi connectivity index (χ0v) is 11.4. The molecular formula is C14H11ClN2O3. The molecule has 0 atom stereocenters. The SMILES string of the molecule is Cc1cc2oc(=O)[nH]c2c(=O)n1Cc1ccccc1Cl. The van der Waals surface area contributed by atoms with Crippen molar-refractivity contribution < 1.29 is 4.42 Å². The number of aryl methyl sites for hydroxylation is 1. The van der Waals surface area contributed by atoms with Crippen LogP contribution in [0.2, 0.25) is 5.02 Å². The third-order valence-corrected chi connectivity index (χ3v) is 3.56. The molecule has 102 valence electrons. The normalized spacial score (nSPS) is 11.1. The van der Waals surface area contributed by atoms with E-state index in [4.69, 9.17) is 16.0 Å². The van der Waals surface area contributed by atoms with Crippen molar-refractivity contribution in [3.05, 3.63) is 67.5 Å². The van der Waals surface area contributed by atoms with Crippen molar-refractivity contribution in [2.75, 3.05) is 0 Å².